The van der Waals surface area contributed by atoms with Crippen molar-refractivity contribution in [3.8, 4) is 0 Å². The summed E-state index contributed by atoms with van der Waals surface area (Å²) in [7, 11) is 0. The van der Waals surface area contributed by atoms with E-state index < -0.39 is 59.2 Å². The molecule has 1 unspecified atom stereocenters. The first-order valence-electron chi connectivity index (χ1n) is 11.3. The second kappa shape index (κ2) is 9.63. The van der Waals surface area contributed by atoms with E-state index in [1.54, 1.807) is 0 Å². The van der Waals surface area contributed by atoms with Crippen LogP contribution in [0.2, 0.25) is 0 Å². The molecule has 0 aliphatic carbocycles. The summed E-state index contributed by atoms with van der Waals surface area (Å²) in [5.74, 6) is -5.99. The van der Waals surface area contributed by atoms with E-state index in [9.17, 15) is 31.9 Å². The van der Waals surface area contributed by atoms with E-state index >= 15 is 0 Å². The first-order valence-corrected chi connectivity index (χ1v) is 11.3. The summed E-state index contributed by atoms with van der Waals surface area (Å²) >= 11 is 0. The van der Waals surface area contributed by atoms with Gasteiger partial charge in [-0.1, -0.05) is 5.06 Å². The Morgan fingerprint density at radius 3 is 1.95 bits per heavy atom. The average molecular weight is 524 g/mol. The predicted octanol–water partition coefficient (Wildman–Crippen LogP) is 2.98. The number of hydrogen-bond donors (Lipinski definition) is 0. The highest BCUT2D eigenvalue weighted by atomic mass is 19.1. The number of rotatable bonds is 6. The molecule has 2 aromatic carbocycles. The zero-order chi connectivity index (χ0) is 26.3. The number of nitrogens with zero attached hydrogens (tertiary/aromatic N) is 2. The van der Waals surface area contributed by atoms with E-state index in [0.29, 0.717) is 36.8 Å². The van der Waals surface area contributed by atoms with E-state index in [0.717, 1.165) is 24.3 Å². The topological polar surface area (TPSA) is 94.6 Å². The van der Waals surface area contributed by atoms with Crippen molar-refractivity contribution in [1.82, 2.24) is 9.96 Å². The molecule has 37 heavy (non-hydrogen) atoms. The minimum atomic E-state index is -1.31. The number of amides is 1. The molecule has 0 aromatic heterocycles. The lowest BCUT2D eigenvalue weighted by Crippen LogP contribution is -2.57. The van der Waals surface area contributed by atoms with Gasteiger partial charge in [0.25, 0.3) is 6.23 Å². The van der Waals surface area contributed by atoms with Crippen molar-refractivity contribution in [2.75, 3.05) is 26.2 Å². The number of benzene rings is 2. The number of ether oxygens (including phenoxy) is 3. The number of hydroxylamine groups is 2. The van der Waals surface area contributed by atoms with Crippen LogP contribution in [0.1, 0.15) is 30.1 Å². The third kappa shape index (κ3) is 4.96. The molecule has 1 atom stereocenters. The molecule has 3 fully saturated rings. The minimum absolute atomic E-state index is 0.0237. The minimum Gasteiger partial charge on any atom is -0.434 e. The molecule has 0 bridgehead atoms. The fourth-order valence-electron chi connectivity index (χ4n) is 4.74. The maximum atomic E-state index is 13.9. The highest BCUT2D eigenvalue weighted by Gasteiger charge is 2.62. The molecule has 1 amide bonds. The highest BCUT2D eigenvalue weighted by Crippen LogP contribution is 2.41. The third-order valence-corrected chi connectivity index (χ3v) is 6.47. The van der Waals surface area contributed by atoms with Gasteiger partial charge >= 0.3 is 18.0 Å². The van der Waals surface area contributed by atoms with Crippen LogP contribution in [0.25, 0.3) is 0 Å². The van der Waals surface area contributed by atoms with Gasteiger partial charge in [0, 0.05) is 44.6 Å². The van der Waals surface area contributed by atoms with Gasteiger partial charge in [-0.05, 0) is 35.4 Å². The number of carbonyl (C=O) groups excluding carboxylic acids is 3. The number of likely N-dealkylation sites (tertiary alicyclic amines) is 1. The van der Waals surface area contributed by atoms with Crippen LogP contribution in [0.5, 0.6) is 0 Å². The Morgan fingerprint density at radius 2 is 1.41 bits per heavy atom. The van der Waals surface area contributed by atoms with Crippen LogP contribution < -0.4 is 0 Å². The van der Waals surface area contributed by atoms with Crippen LogP contribution in [0, 0.1) is 23.3 Å². The zero-order valence-electron chi connectivity index (χ0n) is 19.1. The van der Waals surface area contributed by atoms with E-state index in [4.69, 9.17) is 19.0 Å². The van der Waals surface area contributed by atoms with Gasteiger partial charge in [0.05, 0.1) is 6.61 Å². The second-order valence-corrected chi connectivity index (χ2v) is 8.89. The van der Waals surface area contributed by atoms with Gasteiger partial charge in [-0.15, -0.1) is 0 Å². The van der Waals surface area contributed by atoms with Crippen molar-refractivity contribution in [2.24, 2.45) is 0 Å². The van der Waals surface area contributed by atoms with Crippen molar-refractivity contribution in [3.63, 3.8) is 0 Å². The highest BCUT2D eigenvalue weighted by molar-refractivity contribution is 6.30. The van der Waals surface area contributed by atoms with Crippen LogP contribution in [0.4, 0.5) is 22.4 Å². The molecule has 196 valence electrons. The zero-order valence-corrected chi connectivity index (χ0v) is 19.1. The van der Waals surface area contributed by atoms with Crippen molar-refractivity contribution < 1.29 is 51.0 Å². The molecule has 0 saturated carbocycles. The lowest BCUT2D eigenvalue weighted by Gasteiger charge is -2.40. The summed E-state index contributed by atoms with van der Waals surface area (Å²) in [6.45, 7) is 1.09. The normalized spacial score (nSPS) is 21.2. The van der Waals surface area contributed by atoms with E-state index in [1.807, 2.05) is 4.90 Å². The molecular formula is C24H20F4N2O7. The van der Waals surface area contributed by atoms with Gasteiger partial charge in [0.1, 0.15) is 29.4 Å². The molecule has 5 rings (SSSR count). The summed E-state index contributed by atoms with van der Waals surface area (Å²) in [4.78, 5) is 41.8. The third-order valence-electron chi connectivity index (χ3n) is 6.47. The van der Waals surface area contributed by atoms with Crippen LogP contribution in [0.3, 0.4) is 0 Å². The van der Waals surface area contributed by atoms with Gasteiger partial charge in [-0.2, -0.15) is 0 Å². The predicted molar refractivity (Wildman–Crippen MR) is 113 cm³/mol. The van der Waals surface area contributed by atoms with Crippen LogP contribution in [-0.2, 0) is 28.6 Å². The molecule has 2 aromatic rings. The number of carbonyl (C=O) groups is 3. The summed E-state index contributed by atoms with van der Waals surface area (Å²) in [6, 6.07) is 5.47. The smallest absolute Gasteiger partial charge is 0.434 e. The molecule has 0 N–H and O–H groups in total. The largest absolute Gasteiger partial charge is 0.447 e. The molecule has 13 heteroatoms. The summed E-state index contributed by atoms with van der Waals surface area (Å²) in [5, 5.41) is 0.614. The second-order valence-electron chi connectivity index (χ2n) is 8.89. The number of fused-ring (bicyclic) bond motifs is 2. The molecule has 3 aliphatic heterocycles. The Morgan fingerprint density at radius 1 is 0.865 bits per heavy atom. The summed E-state index contributed by atoms with van der Waals surface area (Å²) < 4.78 is 71.8. The molecule has 3 heterocycles. The maximum absolute atomic E-state index is 13.9. The Balaban J connectivity index is 1.24. The van der Waals surface area contributed by atoms with Gasteiger partial charge in [-0.25, -0.2) is 31.9 Å². The fourth-order valence-corrected chi connectivity index (χ4v) is 4.74. The maximum Gasteiger partial charge on any atom is 0.447 e. The number of esters is 1. The van der Waals surface area contributed by atoms with E-state index in [-0.39, 0.29) is 30.6 Å². The lowest BCUT2D eigenvalue weighted by atomic mass is 9.89. The molecule has 0 radical (unpaired) electrons. The number of hydrogen-bond acceptors (Lipinski definition) is 8. The van der Waals surface area contributed by atoms with Crippen molar-refractivity contribution in [3.05, 3.63) is 70.8 Å². The summed E-state index contributed by atoms with van der Waals surface area (Å²) in [6.07, 6.45) is -2.78. The molecule has 3 saturated heterocycles. The van der Waals surface area contributed by atoms with Crippen molar-refractivity contribution in [1.29, 1.82) is 0 Å². The Labute approximate surface area is 207 Å². The van der Waals surface area contributed by atoms with Gasteiger partial charge < -0.3 is 23.9 Å². The number of piperidine rings is 1. The average Bonchev–Trinajstić information content (AvgIpc) is 3.07. The SMILES string of the molecule is O=C1OC2N(OC1=O)C(=O)OC21CCN(CCOC(c2cc(F)cc(F)c2)c2cc(F)cc(F)c2)CC1. The van der Waals surface area contributed by atoms with Crippen LogP contribution in [-0.4, -0.2) is 66.1 Å². The monoisotopic (exact) mass is 524 g/mol. The van der Waals surface area contributed by atoms with Crippen LogP contribution in [0.15, 0.2) is 36.4 Å². The van der Waals surface area contributed by atoms with Crippen molar-refractivity contribution >= 4 is 18.0 Å². The molecule has 3 aliphatic rings. The Kier molecular flexibility index (Phi) is 6.50. The van der Waals surface area contributed by atoms with E-state index in [1.165, 1.54) is 0 Å². The number of halogens is 4. The van der Waals surface area contributed by atoms with Gasteiger partial charge in [-0.3, -0.25) is 0 Å². The standard InChI is InChI=1S/C24H20F4N2O7/c25-15-7-13(8-16(26)11-15)19(14-9-17(27)12-18(28)10-14)34-6-5-29-3-1-24(2-4-29)22-30(23(33)36-24)37-21(32)20(31)35-22/h7-12,19,22H,1-6H2. The van der Waals surface area contributed by atoms with Gasteiger partial charge in [0.2, 0.25) is 0 Å². The van der Waals surface area contributed by atoms with Crippen molar-refractivity contribution in [2.45, 2.75) is 30.8 Å². The molecule has 9 nitrogen and oxygen atoms in total. The Bertz CT molecular complexity index is 1160. The molecule has 1 spiro atoms. The Hall–Kier alpha value is -3.71. The summed E-state index contributed by atoms with van der Waals surface area (Å²) in [5.41, 5.74) is -1.09. The lowest BCUT2D eigenvalue weighted by molar-refractivity contribution is -0.251. The first kappa shape index (κ1) is 25.0. The van der Waals surface area contributed by atoms with E-state index in [2.05, 4.69) is 0 Å². The quantitative estimate of drug-likeness (QED) is 0.324. The molecular weight excluding hydrogens is 504 g/mol. The fraction of sp³-hybridized carbons (Fsp3) is 0.375. The van der Waals surface area contributed by atoms with Crippen LogP contribution >= 0.6 is 0 Å². The van der Waals surface area contributed by atoms with Gasteiger partial charge in [0.15, 0.2) is 5.60 Å². The first-order chi connectivity index (χ1) is 17.6.